The second-order valence-electron chi connectivity index (χ2n) is 5.88. The molecular formula is C15H25N5O. The second kappa shape index (κ2) is 7.15. The highest BCUT2D eigenvalue weighted by molar-refractivity contribution is 5.30. The Morgan fingerprint density at radius 2 is 2.00 bits per heavy atom. The summed E-state index contributed by atoms with van der Waals surface area (Å²) in [6.45, 7) is 6.25. The van der Waals surface area contributed by atoms with E-state index in [4.69, 9.17) is 4.74 Å². The summed E-state index contributed by atoms with van der Waals surface area (Å²) in [5.74, 6) is 0.815. The van der Waals surface area contributed by atoms with Gasteiger partial charge in [-0.05, 0) is 19.9 Å². The lowest BCUT2D eigenvalue weighted by molar-refractivity contribution is 0.122. The smallest absolute Gasteiger partial charge is 0.225 e. The molecule has 1 aromatic rings. The molecule has 2 fully saturated rings. The molecular weight excluding hydrogens is 266 g/mol. The van der Waals surface area contributed by atoms with E-state index in [0.717, 1.165) is 63.5 Å². The summed E-state index contributed by atoms with van der Waals surface area (Å²) in [6.07, 6.45) is 6.59. The van der Waals surface area contributed by atoms with Crippen molar-refractivity contribution in [3.8, 4) is 0 Å². The molecule has 0 radical (unpaired) electrons. The lowest BCUT2D eigenvalue weighted by Crippen LogP contribution is -2.37. The molecule has 0 bridgehead atoms. The van der Waals surface area contributed by atoms with Crippen molar-refractivity contribution in [3.05, 3.63) is 18.0 Å². The topological polar surface area (TPSA) is 53.5 Å². The van der Waals surface area contributed by atoms with Gasteiger partial charge in [0.1, 0.15) is 0 Å². The lowest BCUT2D eigenvalue weighted by Gasteiger charge is -2.26. The van der Waals surface area contributed by atoms with E-state index in [0.29, 0.717) is 0 Å². The monoisotopic (exact) mass is 291 g/mol. The van der Waals surface area contributed by atoms with Crippen LogP contribution in [0.3, 0.4) is 0 Å². The van der Waals surface area contributed by atoms with Crippen LogP contribution in [0.15, 0.2) is 12.4 Å². The first-order chi connectivity index (χ1) is 10.3. The van der Waals surface area contributed by atoms with Crippen LogP contribution in [0.4, 0.5) is 5.95 Å². The van der Waals surface area contributed by atoms with Crippen LogP contribution in [-0.4, -0.2) is 67.4 Å². The molecule has 2 aliphatic rings. The maximum absolute atomic E-state index is 5.34. The van der Waals surface area contributed by atoms with Gasteiger partial charge in [0.25, 0.3) is 0 Å². The van der Waals surface area contributed by atoms with E-state index in [1.54, 1.807) is 0 Å². The molecule has 1 saturated heterocycles. The average Bonchev–Trinajstić information content (AvgIpc) is 3.38. The highest BCUT2D eigenvalue weighted by Gasteiger charge is 2.25. The summed E-state index contributed by atoms with van der Waals surface area (Å²) in [6, 6.07) is 0.836. The largest absolute Gasteiger partial charge is 0.378 e. The van der Waals surface area contributed by atoms with Gasteiger partial charge in [-0.3, -0.25) is 0 Å². The summed E-state index contributed by atoms with van der Waals surface area (Å²) in [5.41, 5.74) is 1.14. The van der Waals surface area contributed by atoms with E-state index in [9.17, 15) is 0 Å². The Bertz CT molecular complexity index is 428. The zero-order valence-electron chi connectivity index (χ0n) is 12.8. The predicted molar refractivity (Wildman–Crippen MR) is 82.4 cm³/mol. The third kappa shape index (κ3) is 4.36. The van der Waals surface area contributed by atoms with Crippen LogP contribution in [0.1, 0.15) is 18.4 Å². The van der Waals surface area contributed by atoms with E-state index in [-0.39, 0.29) is 0 Å². The fourth-order valence-corrected chi connectivity index (χ4v) is 2.55. The number of likely N-dealkylation sites (N-methyl/N-ethyl adjacent to an activating group) is 1. The molecule has 1 aromatic heterocycles. The van der Waals surface area contributed by atoms with Crippen molar-refractivity contribution < 1.29 is 4.74 Å². The van der Waals surface area contributed by atoms with Crippen LogP contribution in [0.25, 0.3) is 0 Å². The molecule has 1 aliphatic heterocycles. The number of nitrogens with zero attached hydrogens (tertiary/aromatic N) is 4. The van der Waals surface area contributed by atoms with Crippen molar-refractivity contribution in [3.63, 3.8) is 0 Å². The molecule has 1 aliphatic carbocycles. The van der Waals surface area contributed by atoms with Gasteiger partial charge in [-0.25, -0.2) is 9.97 Å². The molecule has 21 heavy (non-hydrogen) atoms. The van der Waals surface area contributed by atoms with Crippen LogP contribution < -0.4 is 10.2 Å². The molecule has 0 aromatic carbocycles. The Hall–Kier alpha value is -1.24. The summed E-state index contributed by atoms with van der Waals surface area (Å²) in [5, 5.41) is 3.46. The van der Waals surface area contributed by atoms with E-state index in [1.807, 2.05) is 12.4 Å². The van der Waals surface area contributed by atoms with Crippen molar-refractivity contribution in [1.29, 1.82) is 0 Å². The highest BCUT2D eigenvalue weighted by Crippen LogP contribution is 2.24. The van der Waals surface area contributed by atoms with Crippen LogP contribution in [-0.2, 0) is 11.3 Å². The summed E-state index contributed by atoms with van der Waals surface area (Å²) in [4.78, 5) is 13.5. The fraction of sp³-hybridized carbons (Fsp3) is 0.733. The minimum atomic E-state index is 0.765. The third-order valence-corrected chi connectivity index (χ3v) is 4.13. The van der Waals surface area contributed by atoms with E-state index < -0.39 is 0 Å². The van der Waals surface area contributed by atoms with Crippen molar-refractivity contribution >= 4 is 5.95 Å². The molecule has 6 heteroatoms. The molecule has 2 heterocycles. The molecule has 116 valence electrons. The number of rotatable bonds is 7. The first kappa shape index (κ1) is 14.7. The van der Waals surface area contributed by atoms with Crippen molar-refractivity contribution in [1.82, 2.24) is 20.2 Å². The quantitative estimate of drug-likeness (QED) is 0.738. The van der Waals surface area contributed by atoms with Gasteiger partial charge >= 0.3 is 0 Å². The second-order valence-corrected chi connectivity index (χ2v) is 5.88. The predicted octanol–water partition coefficient (Wildman–Crippen LogP) is 0.497. The standard InChI is InChI=1S/C15H25N5O/c1-19(14-2-3-14)5-4-16-10-13-11-17-15(18-12-13)20-6-8-21-9-7-20/h11-12,14,16H,2-10H2,1H3. The van der Waals surface area contributed by atoms with Gasteiger partial charge in [0, 0.05) is 56.7 Å². The number of ether oxygens (including phenoxy) is 1. The maximum atomic E-state index is 5.34. The minimum Gasteiger partial charge on any atom is -0.378 e. The Kier molecular flexibility index (Phi) is 5.00. The molecule has 1 saturated carbocycles. The van der Waals surface area contributed by atoms with E-state index in [2.05, 4.69) is 32.1 Å². The first-order valence-corrected chi connectivity index (χ1v) is 7.87. The van der Waals surface area contributed by atoms with Crippen molar-refractivity contribution in [2.45, 2.75) is 25.4 Å². The summed E-state index contributed by atoms with van der Waals surface area (Å²) >= 11 is 0. The van der Waals surface area contributed by atoms with Gasteiger partial charge in [0.05, 0.1) is 13.2 Å². The highest BCUT2D eigenvalue weighted by atomic mass is 16.5. The molecule has 0 amide bonds. The molecule has 0 spiro atoms. The van der Waals surface area contributed by atoms with Crippen LogP contribution in [0, 0.1) is 0 Å². The lowest BCUT2D eigenvalue weighted by atomic mass is 10.3. The molecule has 1 N–H and O–H groups in total. The number of nitrogens with one attached hydrogen (secondary N) is 1. The zero-order chi connectivity index (χ0) is 14.5. The summed E-state index contributed by atoms with van der Waals surface area (Å²) < 4.78 is 5.34. The number of hydrogen-bond acceptors (Lipinski definition) is 6. The SMILES string of the molecule is CN(CCNCc1cnc(N2CCOCC2)nc1)C1CC1. The van der Waals surface area contributed by atoms with Crippen molar-refractivity contribution in [2.24, 2.45) is 0 Å². The zero-order valence-corrected chi connectivity index (χ0v) is 12.8. The van der Waals surface area contributed by atoms with Crippen molar-refractivity contribution in [2.75, 3.05) is 51.3 Å². The maximum Gasteiger partial charge on any atom is 0.225 e. The van der Waals surface area contributed by atoms with Gasteiger partial charge in [-0.1, -0.05) is 0 Å². The van der Waals surface area contributed by atoms with E-state index >= 15 is 0 Å². The average molecular weight is 291 g/mol. The number of hydrogen-bond donors (Lipinski definition) is 1. The van der Waals surface area contributed by atoms with Crippen LogP contribution in [0.2, 0.25) is 0 Å². The Morgan fingerprint density at radius 3 is 2.67 bits per heavy atom. The number of anilines is 1. The normalized spacial score (nSPS) is 19.2. The fourth-order valence-electron chi connectivity index (χ4n) is 2.55. The molecule has 3 rings (SSSR count). The molecule has 0 atom stereocenters. The number of morpholine rings is 1. The van der Waals surface area contributed by atoms with Gasteiger partial charge in [0.15, 0.2) is 0 Å². The Labute approximate surface area is 126 Å². The van der Waals surface area contributed by atoms with E-state index in [1.165, 1.54) is 12.8 Å². The summed E-state index contributed by atoms with van der Waals surface area (Å²) in [7, 11) is 2.21. The van der Waals surface area contributed by atoms with Gasteiger partial charge in [0.2, 0.25) is 5.95 Å². The van der Waals surface area contributed by atoms with Gasteiger partial charge < -0.3 is 19.9 Å². The first-order valence-electron chi connectivity index (χ1n) is 7.87. The molecule has 6 nitrogen and oxygen atoms in total. The molecule has 0 unspecified atom stereocenters. The van der Waals surface area contributed by atoms with Gasteiger partial charge in [-0.15, -0.1) is 0 Å². The number of aromatic nitrogens is 2. The Balaban J connectivity index is 1.39. The van der Waals surface area contributed by atoms with Gasteiger partial charge in [-0.2, -0.15) is 0 Å². The third-order valence-electron chi connectivity index (χ3n) is 4.13. The van der Waals surface area contributed by atoms with Crippen LogP contribution in [0.5, 0.6) is 0 Å². The van der Waals surface area contributed by atoms with Crippen LogP contribution >= 0.6 is 0 Å². The Morgan fingerprint density at radius 1 is 1.29 bits per heavy atom. The minimum absolute atomic E-state index is 0.765.